The SMILES string of the molecule is COc1cc([C@H]2C3=CC[C@@H]4C(=O)N(c5ccc(C)c(Cl)c5)C(=O)[C@@H]4[C@@H]3C[C@H]3C(=O)C(c4ccccc4)=CC(=O)[C@@]23c2ccccc2)cc(I)c1O. The van der Waals surface area contributed by atoms with Gasteiger partial charge in [0.05, 0.1) is 33.6 Å². The molecule has 0 unspecified atom stereocenters. The van der Waals surface area contributed by atoms with Crippen molar-refractivity contribution in [1.82, 2.24) is 0 Å². The topological polar surface area (TPSA) is 101 Å². The average molecular weight is 810 g/mol. The lowest BCUT2D eigenvalue weighted by Crippen LogP contribution is -2.58. The lowest BCUT2D eigenvalue weighted by atomic mass is 9.44. The zero-order valence-corrected chi connectivity index (χ0v) is 30.7. The normalized spacial score (nSPS) is 27.0. The van der Waals surface area contributed by atoms with E-state index in [1.807, 2.05) is 102 Å². The predicted octanol–water partition coefficient (Wildman–Crippen LogP) is 8.00. The Balaban J connectivity index is 1.37. The van der Waals surface area contributed by atoms with Gasteiger partial charge in [-0.25, -0.2) is 4.90 Å². The molecule has 256 valence electrons. The van der Waals surface area contributed by atoms with E-state index in [1.54, 1.807) is 24.3 Å². The Morgan fingerprint density at radius 3 is 2.29 bits per heavy atom. The van der Waals surface area contributed by atoms with E-state index >= 15 is 9.59 Å². The van der Waals surface area contributed by atoms with Crippen LogP contribution in [-0.4, -0.2) is 35.6 Å². The molecular weight excluding hydrogens is 777 g/mol. The number of phenols is 1. The summed E-state index contributed by atoms with van der Waals surface area (Å²) < 4.78 is 6.13. The van der Waals surface area contributed by atoms with Crippen molar-refractivity contribution in [2.75, 3.05) is 12.0 Å². The van der Waals surface area contributed by atoms with Gasteiger partial charge in [0.2, 0.25) is 11.8 Å². The fourth-order valence-corrected chi connectivity index (χ4v) is 9.94. The zero-order valence-electron chi connectivity index (χ0n) is 27.8. The van der Waals surface area contributed by atoms with E-state index in [4.69, 9.17) is 16.3 Å². The van der Waals surface area contributed by atoms with E-state index in [2.05, 4.69) is 0 Å². The van der Waals surface area contributed by atoms with Gasteiger partial charge >= 0.3 is 0 Å². The van der Waals surface area contributed by atoms with Gasteiger partial charge in [-0.05, 0) is 101 Å². The summed E-state index contributed by atoms with van der Waals surface area (Å²) in [6, 6.07) is 27.3. The molecule has 0 spiro atoms. The number of hydrogen-bond acceptors (Lipinski definition) is 6. The van der Waals surface area contributed by atoms with Crippen molar-refractivity contribution in [2.45, 2.75) is 31.1 Å². The Bertz CT molecular complexity index is 2220. The highest BCUT2D eigenvalue weighted by atomic mass is 127. The van der Waals surface area contributed by atoms with Crippen molar-refractivity contribution in [2.24, 2.45) is 23.7 Å². The van der Waals surface area contributed by atoms with Crippen LogP contribution in [-0.2, 0) is 24.6 Å². The number of nitrogens with zero attached hydrogens (tertiary/aromatic N) is 1. The number of aromatic hydroxyl groups is 1. The summed E-state index contributed by atoms with van der Waals surface area (Å²) in [5.74, 6) is -4.33. The molecule has 1 saturated carbocycles. The Kier molecular flexibility index (Phi) is 8.30. The van der Waals surface area contributed by atoms with Crippen LogP contribution in [0.25, 0.3) is 5.57 Å². The standard InChI is InChI=1S/C42H33ClINO6/c1-22-13-14-26(19-32(22)43)45-40(49)28-16-15-27-30(36(28)41(45)50)20-31-38(47)29(23-9-5-3-6-10-23)21-35(46)42(31,25-11-7-4-8-12-25)37(27)24-17-33(44)39(48)34(18-24)51-2/h3-15,17-19,21,28,30-31,36-37,48H,16,20H2,1-2H3/t28-,30+,31-,36-,37-,42-/m0/s1. The van der Waals surface area contributed by atoms with Crippen molar-refractivity contribution in [1.29, 1.82) is 0 Å². The Hall–Kier alpha value is -4.54. The summed E-state index contributed by atoms with van der Waals surface area (Å²) in [6.45, 7) is 1.86. The number of amides is 2. The smallest absolute Gasteiger partial charge is 0.238 e. The van der Waals surface area contributed by atoms with E-state index in [9.17, 15) is 14.7 Å². The van der Waals surface area contributed by atoms with E-state index in [1.165, 1.54) is 18.1 Å². The van der Waals surface area contributed by atoms with Crippen LogP contribution in [0.1, 0.15) is 41.0 Å². The molecule has 1 aliphatic heterocycles. The van der Waals surface area contributed by atoms with Crippen LogP contribution in [0.15, 0.2) is 109 Å². The Morgan fingerprint density at radius 1 is 0.902 bits per heavy atom. The second-order valence-electron chi connectivity index (χ2n) is 13.8. The number of imide groups is 1. The number of rotatable bonds is 5. The van der Waals surface area contributed by atoms with Crippen LogP contribution < -0.4 is 9.64 Å². The van der Waals surface area contributed by atoms with Crippen LogP contribution >= 0.6 is 34.2 Å². The van der Waals surface area contributed by atoms with Crippen LogP contribution in [0.4, 0.5) is 5.69 Å². The second kappa shape index (κ2) is 12.6. The third-order valence-corrected chi connectivity index (χ3v) is 12.6. The monoisotopic (exact) mass is 809 g/mol. The molecule has 4 aromatic rings. The highest BCUT2D eigenvalue weighted by Gasteiger charge is 2.66. The fraction of sp³-hybridized carbons (Fsp3) is 0.238. The van der Waals surface area contributed by atoms with Gasteiger partial charge in [-0.2, -0.15) is 0 Å². The first kappa shape index (κ1) is 33.6. The molecule has 4 aliphatic rings. The summed E-state index contributed by atoms with van der Waals surface area (Å²) in [5, 5.41) is 11.4. The second-order valence-corrected chi connectivity index (χ2v) is 15.4. The molecule has 1 heterocycles. The van der Waals surface area contributed by atoms with Crippen molar-refractivity contribution in [3.05, 3.63) is 140 Å². The average Bonchev–Trinajstić information content (AvgIpc) is 3.40. The van der Waals surface area contributed by atoms with Crippen LogP contribution in [0.3, 0.4) is 0 Å². The molecule has 7 nitrogen and oxygen atoms in total. The third kappa shape index (κ3) is 4.97. The molecule has 1 saturated heterocycles. The molecule has 8 rings (SSSR count). The predicted molar refractivity (Wildman–Crippen MR) is 203 cm³/mol. The number of fused-ring (bicyclic) bond motifs is 4. The molecular formula is C42H33ClINO6. The number of hydrogen-bond donors (Lipinski definition) is 1. The highest BCUT2D eigenvalue weighted by molar-refractivity contribution is 14.1. The number of carbonyl (C=O) groups excluding carboxylic acids is 4. The lowest BCUT2D eigenvalue weighted by molar-refractivity contribution is -0.135. The molecule has 9 heteroatoms. The van der Waals surface area contributed by atoms with E-state index in [0.717, 1.165) is 11.1 Å². The first-order valence-corrected chi connectivity index (χ1v) is 18.3. The maximum atomic E-state index is 15.2. The van der Waals surface area contributed by atoms with Gasteiger partial charge in [0.25, 0.3) is 0 Å². The number of anilines is 1. The number of ketones is 2. The van der Waals surface area contributed by atoms with Gasteiger partial charge in [0.1, 0.15) is 0 Å². The van der Waals surface area contributed by atoms with Crippen molar-refractivity contribution < 1.29 is 29.0 Å². The molecule has 0 aromatic heterocycles. The first-order valence-electron chi connectivity index (χ1n) is 16.9. The Labute approximate surface area is 314 Å². The number of methoxy groups -OCH3 is 1. The summed E-state index contributed by atoms with van der Waals surface area (Å²) in [7, 11) is 1.47. The first-order chi connectivity index (χ1) is 24.6. The minimum Gasteiger partial charge on any atom is -0.504 e. The summed E-state index contributed by atoms with van der Waals surface area (Å²) in [5.41, 5.74) is 3.04. The van der Waals surface area contributed by atoms with Crippen molar-refractivity contribution >= 4 is 68.8 Å². The summed E-state index contributed by atoms with van der Waals surface area (Å²) in [4.78, 5) is 60.3. The maximum Gasteiger partial charge on any atom is 0.238 e. The van der Waals surface area contributed by atoms with E-state index in [0.29, 0.717) is 43.0 Å². The minimum absolute atomic E-state index is 0.0292. The van der Waals surface area contributed by atoms with E-state index in [-0.39, 0.29) is 41.3 Å². The quantitative estimate of drug-likeness (QED) is 0.125. The van der Waals surface area contributed by atoms with Crippen LogP contribution in [0, 0.1) is 34.2 Å². The number of allylic oxidation sites excluding steroid dienone is 4. The minimum atomic E-state index is -1.38. The van der Waals surface area contributed by atoms with Gasteiger partial charge in [-0.15, -0.1) is 0 Å². The molecule has 2 fully saturated rings. The highest BCUT2D eigenvalue weighted by Crippen LogP contribution is 2.64. The third-order valence-electron chi connectivity index (χ3n) is 11.4. The Morgan fingerprint density at radius 2 is 1.61 bits per heavy atom. The number of benzene rings is 4. The number of Topliss-reactive ketones (excluding diaryl/α,β-unsaturated/α-hetero) is 1. The van der Waals surface area contributed by atoms with Crippen LogP contribution in [0.5, 0.6) is 11.5 Å². The maximum absolute atomic E-state index is 15.2. The number of halogens is 2. The largest absolute Gasteiger partial charge is 0.504 e. The van der Waals surface area contributed by atoms with Crippen LogP contribution in [0.2, 0.25) is 5.02 Å². The summed E-state index contributed by atoms with van der Waals surface area (Å²) in [6.07, 6.45) is 4.01. The molecule has 0 bridgehead atoms. The summed E-state index contributed by atoms with van der Waals surface area (Å²) >= 11 is 8.51. The van der Waals surface area contributed by atoms with E-state index < -0.39 is 35.0 Å². The van der Waals surface area contributed by atoms with Gasteiger partial charge in [-0.3, -0.25) is 19.2 Å². The van der Waals surface area contributed by atoms with Gasteiger partial charge in [0, 0.05) is 22.4 Å². The molecule has 4 aromatic carbocycles. The number of carbonyl (C=O) groups is 4. The van der Waals surface area contributed by atoms with Gasteiger partial charge in [0.15, 0.2) is 23.1 Å². The molecule has 0 radical (unpaired) electrons. The molecule has 51 heavy (non-hydrogen) atoms. The number of aryl methyl sites for hydroxylation is 1. The molecule has 1 N–H and O–H groups in total. The molecule has 6 atom stereocenters. The van der Waals surface area contributed by atoms with Gasteiger partial charge < -0.3 is 9.84 Å². The lowest BCUT2D eigenvalue weighted by Gasteiger charge is -2.55. The number of phenolic OH excluding ortho intramolecular Hbond substituents is 1. The molecule has 2 amide bonds. The molecule has 3 aliphatic carbocycles. The van der Waals surface area contributed by atoms with Crippen molar-refractivity contribution in [3.63, 3.8) is 0 Å². The van der Waals surface area contributed by atoms with Gasteiger partial charge in [-0.1, -0.05) is 90.0 Å². The zero-order chi connectivity index (χ0) is 35.8. The fourth-order valence-electron chi connectivity index (χ4n) is 9.14. The number of ether oxygens (including phenoxy) is 1. The van der Waals surface area contributed by atoms with Crippen molar-refractivity contribution in [3.8, 4) is 11.5 Å².